The van der Waals surface area contributed by atoms with Crippen LogP contribution >= 0.6 is 0 Å². The Bertz CT molecular complexity index is 1330. The van der Waals surface area contributed by atoms with Gasteiger partial charge in [0.1, 0.15) is 4.90 Å². The number of hydrogen-bond donors (Lipinski definition) is 2. The van der Waals surface area contributed by atoms with Crippen molar-refractivity contribution in [1.82, 2.24) is 19.7 Å². The number of aromatic nitrogens is 3. The first kappa shape index (κ1) is 28.4. The number of hydrogen-bond acceptors (Lipinski definition) is 7. The molecule has 10 nitrogen and oxygen atoms in total. The second-order valence-corrected chi connectivity index (χ2v) is 13.4. The van der Waals surface area contributed by atoms with Crippen LogP contribution in [0.2, 0.25) is 0 Å². The van der Waals surface area contributed by atoms with Gasteiger partial charge in [-0.2, -0.15) is 13.9 Å². The van der Waals surface area contributed by atoms with Crippen LogP contribution < -0.4 is 10.0 Å². The molecule has 1 saturated heterocycles. The monoisotopic (exact) mass is 554 g/mol. The van der Waals surface area contributed by atoms with Crippen LogP contribution in [-0.2, 0) is 26.7 Å². The predicted octanol–water partition coefficient (Wildman–Crippen LogP) is 2.20. The lowest BCUT2D eigenvalue weighted by molar-refractivity contribution is -0.126. The normalized spacial score (nSPS) is 22.5. The summed E-state index contributed by atoms with van der Waals surface area (Å²) in [4.78, 5) is 19.1. The molecule has 0 aromatic carbocycles. The van der Waals surface area contributed by atoms with Gasteiger partial charge >= 0.3 is 6.55 Å². The van der Waals surface area contributed by atoms with Crippen molar-refractivity contribution in [3.05, 3.63) is 35.4 Å². The molecule has 2 aromatic rings. The highest BCUT2D eigenvalue weighted by Crippen LogP contribution is 2.44. The number of likely N-dealkylation sites (tertiary alicyclic amines) is 1. The number of fused-ring (bicyclic) bond motifs is 1. The SMILES string of the molecule is Cc1nn(C(F)F)cc1S(=O)(=O)N1C[C@H](CN2CC[C@@H](O)C2)Cc2ncc(C(C)(C(N)=O)C(C)(C)C)cc21. The number of nitrogens with two attached hydrogens (primary N) is 1. The Hall–Kier alpha value is -2.64. The second kappa shape index (κ2) is 9.83. The Morgan fingerprint density at radius 1 is 1.26 bits per heavy atom. The van der Waals surface area contributed by atoms with Crippen LogP contribution in [0.4, 0.5) is 14.5 Å². The molecule has 1 amide bonds. The van der Waals surface area contributed by atoms with Gasteiger partial charge in [0.25, 0.3) is 10.0 Å². The molecular weight excluding hydrogens is 518 g/mol. The average molecular weight is 555 g/mol. The zero-order valence-electron chi connectivity index (χ0n) is 22.4. The molecule has 1 unspecified atom stereocenters. The summed E-state index contributed by atoms with van der Waals surface area (Å²) in [6.45, 7) is 7.53. The topological polar surface area (TPSA) is 135 Å². The lowest BCUT2D eigenvalue weighted by atomic mass is 9.63. The number of carbonyl (C=O) groups is 1. The van der Waals surface area contributed by atoms with Crippen molar-refractivity contribution in [1.29, 1.82) is 0 Å². The van der Waals surface area contributed by atoms with Gasteiger partial charge in [-0.15, -0.1) is 0 Å². The Balaban J connectivity index is 1.83. The number of β-amino-alcohol motifs (C(OH)–C–C–N with tert-alkyl or cyclic N) is 1. The van der Waals surface area contributed by atoms with Gasteiger partial charge in [0, 0.05) is 32.4 Å². The number of aryl methyl sites for hydroxylation is 1. The Morgan fingerprint density at radius 2 is 1.95 bits per heavy atom. The molecule has 0 aliphatic carbocycles. The van der Waals surface area contributed by atoms with Crippen LogP contribution in [0.25, 0.3) is 0 Å². The van der Waals surface area contributed by atoms with Crippen LogP contribution in [0.15, 0.2) is 23.4 Å². The average Bonchev–Trinajstić information content (AvgIpc) is 3.42. The third kappa shape index (κ3) is 4.91. The summed E-state index contributed by atoms with van der Waals surface area (Å²) in [6.07, 6.45) is 3.12. The van der Waals surface area contributed by atoms with Crippen LogP contribution in [-0.4, -0.2) is 71.4 Å². The highest BCUT2D eigenvalue weighted by Gasteiger charge is 2.46. The van der Waals surface area contributed by atoms with Crippen LogP contribution in [0.3, 0.4) is 0 Å². The van der Waals surface area contributed by atoms with Gasteiger partial charge in [0.15, 0.2) is 0 Å². The molecule has 2 aliphatic heterocycles. The fourth-order valence-corrected chi connectivity index (χ4v) is 7.09. The van der Waals surface area contributed by atoms with E-state index in [1.54, 1.807) is 19.2 Å². The molecule has 0 saturated carbocycles. The minimum atomic E-state index is -4.32. The number of pyridine rings is 1. The number of anilines is 1. The Morgan fingerprint density at radius 3 is 2.47 bits per heavy atom. The molecule has 13 heteroatoms. The fraction of sp³-hybridized carbons (Fsp3) is 0.640. The van der Waals surface area contributed by atoms with E-state index in [0.29, 0.717) is 54.1 Å². The maximum Gasteiger partial charge on any atom is 0.333 e. The Kier molecular flexibility index (Phi) is 7.34. The molecule has 38 heavy (non-hydrogen) atoms. The van der Waals surface area contributed by atoms with E-state index in [-0.39, 0.29) is 23.1 Å². The first-order chi connectivity index (χ1) is 17.6. The lowest BCUT2D eigenvalue weighted by Crippen LogP contribution is -2.49. The zero-order valence-corrected chi connectivity index (χ0v) is 23.2. The highest BCUT2D eigenvalue weighted by molar-refractivity contribution is 7.92. The lowest BCUT2D eigenvalue weighted by Gasteiger charge is -2.41. The van der Waals surface area contributed by atoms with Crippen molar-refractivity contribution in [3.63, 3.8) is 0 Å². The van der Waals surface area contributed by atoms with E-state index in [1.807, 2.05) is 20.8 Å². The van der Waals surface area contributed by atoms with Crippen LogP contribution in [0.5, 0.6) is 0 Å². The fourth-order valence-electron chi connectivity index (χ4n) is 5.37. The molecule has 0 spiro atoms. The van der Waals surface area contributed by atoms with Crippen LogP contribution in [0.1, 0.15) is 57.6 Å². The summed E-state index contributed by atoms with van der Waals surface area (Å²) < 4.78 is 56.2. The van der Waals surface area contributed by atoms with Gasteiger partial charge in [0.2, 0.25) is 5.91 Å². The molecule has 4 rings (SSSR count). The molecule has 3 N–H and O–H groups in total. The van der Waals surface area contributed by atoms with E-state index < -0.39 is 39.4 Å². The van der Waals surface area contributed by atoms with Gasteiger partial charge in [0.05, 0.1) is 34.8 Å². The van der Waals surface area contributed by atoms with Crippen LogP contribution in [0, 0.1) is 18.3 Å². The third-order valence-corrected chi connectivity index (χ3v) is 9.98. The largest absolute Gasteiger partial charge is 0.392 e. The molecule has 0 radical (unpaired) electrons. The summed E-state index contributed by atoms with van der Waals surface area (Å²) in [6, 6.07) is 1.64. The quantitative estimate of drug-likeness (QED) is 0.536. The number of sulfonamides is 1. The third-order valence-electron chi connectivity index (χ3n) is 8.10. The van der Waals surface area contributed by atoms with E-state index in [4.69, 9.17) is 5.73 Å². The summed E-state index contributed by atoms with van der Waals surface area (Å²) in [5, 5.41) is 13.6. The molecule has 4 heterocycles. The second-order valence-electron chi connectivity index (χ2n) is 11.6. The first-order valence-corrected chi connectivity index (χ1v) is 14.1. The summed E-state index contributed by atoms with van der Waals surface area (Å²) in [5.41, 5.74) is 5.31. The number of nitrogens with zero attached hydrogens (tertiary/aromatic N) is 5. The number of aliphatic hydroxyl groups excluding tert-OH is 1. The minimum Gasteiger partial charge on any atom is -0.392 e. The summed E-state index contributed by atoms with van der Waals surface area (Å²) in [5.74, 6) is -0.729. The summed E-state index contributed by atoms with van der Waals surface area (Å²) >= 11 is 0. The van der Waals surface area contributed by atoms with Gasteiger partial charge in [-0.1, -0.05) is 20.8 Å². The van der Waals surface area contributed by atoms with E-state index in [1.165, 1.54) is 11.2 Å². The number of carbonyl (C=O) groups excluding carboxylic acids is 1. The van der Waals surface area contributed by atoms with Crippen molar-refractivity contribution >= 4 is 21.6 Å². The van der Waals surface area contributed by atoms with E-state index in [2.05, 4.69) is 15.0 Å². The Labute approximate surface area is 221 Å². The van der Waals surface area contributed by atoms with Gasteiger partial charge in [-0.25, -0.2) is 13.1 Å². The zero-order chi connectivity index (χ0) is 28.2. The van der Waals surface area contributed by atoms with Gasteiger partial charge < -0.3 is 15.7 Å². The van der Waals surface area contributed by atoms with E-state index in [9.17, 15) is 27.1 Å². The molecule has 0 bridgehead atoms. The number of primary amides is 1. The van der Waals surface area contributed by atoms with Crippen molar-refractivity contribution in [2.75, 3.05) is 30.5 Å². The molecule has 2 aromatic heterocycles. The number of rotatable bonds is 7. The smallest absolute Gasteiger partial charge is 0.333 e. The van der Waals surface area contributed by atoms with E-state index >= 15 is 0 Å². The minimum absolute atomic E-state index is 0.0441. The number of amides is 1. The summed E-state index contributed by atoms with van der Waals surface area (Å²) in [7, 11) is -4.32. The predicted molar refractivity (Wildman–Crippen MR) is 137 cm³/mol. The van der Waals surface area contributed by atoms with Crippen molar-refractivity contribution < 1.29 is 27.1 Å². The number of aliphatic hydroxyl groups is 1. The molecule has 210 valence electrons. The number of alkyl halides is 2. The van der Waals surface area contributed by atoms with Crippen molar-refractivity contribution in [2.24, 2.45) is 17.1 Å². The molecular formula is C25H36F2N6O4S. The maximum absolute atomic E-state index is 14.0. The molecule has 2 aliphatic rings. The molecule has 3 atom stereocenters. The number of halogens is 2. The highest BCUT2D eigenvalue weighted by atomic mass is 32.2. The van der Waals surface area contributed by atoms with Gasteiger partial charge in [-0.3, -0.25) is 14.1 Å². The van der Waals surface area contributed by atoms with Crippen molar-refractivity contribution in [3.8, 4) is 0 Å². The van der Waals surface area contributed by atoms with Crippen molar-refractivity contribution in [2.45, 2.75) is 70.4 Å². The first-order valence-electron chi connectivity index (χ1n) is 12.6. The molecule has 1 fully saturated rings. The standard InChI is InChI=1S/C25H36F2N6O4S/c1-15-21(14-32(30-15)23(26)27)38(36,37)33-12-16(11-31-7-6-18(34)13-31)8-19-20(33)9-17(10-29-19)25(5,22(28)35)24(2,3)4/h9-10,14,16,18,23,34H,6-8,11-13H2,1-5H3,(H2,28,35)/t16-,18+,25?/m0/s1. The van der Waals surface area contributed by atoms with E-state index in [0.717, 1.165) is 6.20 Å². The van der Waals surface area contributed by atoms with Gasteiger partial charge in [-0.05, 0) is 49.7 Å². The maximum atomic E-state index is 14.0.